The molecular formula is C65H43NO. The molecule has 0 amide bonds. The number of nitrogens with zero attached hydrogens (tertiary/aromatic N) is 1. The zero-order chi connectivity index (χ0) is 44.3. The van der Waals surface area contributed by atoms with Crippen molar-refractivity contribution >= 4 is 49.8 Å². The van der Waals surface area contributed by atoms with E-state index in [0.717, 1.165) is 44.6 Å². The van der Waals surface area contributed by atoms with Crippen molar-refractivity contribution in [3.05, 3.63) is 283 Å². The first-order valence-corrected chi connectivity index (χ1v) is 23.1. The van der Waals surface area contributed by atoms with Crippen LogP contribution >= 0.6 is 0 Å². The predicted octanol–water partition coefficient (Wildman–Crippen LogP) is 17.6. The van der Waals surface area contributed by atoms with Crippen LogP contribution in [-0.4, -0.2) is 0 Å². The van der Waals surface area contributed by atoms with Crippen LogP contribution in [0, 0.1) is 0 Å². The average molecular weight is 854 g/mol. The molecule has 0 fully saturated rings. The molecule has 1 aliphatic carbocycles. The zero-order valence-electron chi connectivity index (χ0n) is 36.7. The first-order valence-electron chi connectivity index (χ1n) is 23.1. The summed E-state index contributed by atoms with van der Waals surface area (Å²) < 4.78 is 6.37. The van der Waals surface area contributed by atoms with Gasteiger partial charge < -0.3 is 9.32 Å². The predicted molar refractivity (Wildman–Crippen MR) is 280 cm³/mol. The number of benzene rings is 11. The Labute approximate surface area is 390 Å². The minimum absolute atomic E-state index is 0.519. The van der Waals surface area contributed by atoms with E-state index in [9.17, 15) is 0 Å². The minimum atomic E-state index is -0.519. The van der Waals surface area contributed by atoms with Gasteiger partial charge in [0.2, 0.25) is 0 Å². The number of rotatable bonds is 8. The Balaban J connectivity index is 0.930. The average Bonchev–Trinajstić information content (AvgIpc) is 3.93. The molecular weight excluding hydrogens is 811 g/mol. The highest BCUT2D eigenvalue weighted by atomic mass is 16.3. The molecule has 0 aliphatic heterocycles. The first kappa shape index (κ1) is 38.7. The summed E-state index contributed by atoms with van der Waals surface area (Å²) in [5.74, 6) is 0. The molecule has 13 rings (SSSR count). The zero-order valence-corrected chi connectivity index (χ0v) is 36.7. The fourth-order valence-electron chi connectivity index (χ4n) is 10.8. The summed E-state index contributed by atoms with van der Waals surface area (Å²) >= 11 is 0. The van der Waals surface area contributed by atoms with Gasteiger partial charge in [0.15, 0.2) is 0 Å². The second-order valence-electron chi connectivity index (χ2n) is 17.6. The van der Waals surface area contributed by atoms with Gasteiger partial charge in [-0.3, -0.25) is 0 Å². The van der Waals surface area contributed by atoms with Crippen molar-refractivity contribution < 1.29 is 4.42 Å². The Bertz CT molecular complexity index is 3750. The maximum Gasteiger partial charge on any atom is 0.135 e. The van der Waals surface area contributed by atoms with Crippen molar-refractivity contribution in [1.82, 2.24) is 0 Å². The molecule has 0 N–H and O–H groups in total. The highest BCUT2D eigenvalue weighted by Crippen LogP contribution is 2.59. The fraction of sp³-hybridized carbons (Fsp3) is 0.0154. The van der Waals surface area contributed by atoms with Crippen molar-refractivity contribution in [2.45, 2.75) is 5.41 Å². The quantitative estimate of drug-likeness (QED) is 0.151. The number of fused-ring (bicyclic) bond motifs is 7. The standard InChI is InChI=1S/C65H43NO/c1-3-19-52(20-4-1)65(53-21-5-2-6-22-53)59-25-11-9-24-57(59)64-60(65)26-14-27-61(64)66(55-39-40-63-58(43-55)56-23-10-12-28-62(56)67-63)54-37-35-46(36-38-54)45-29-31-47(32-30-45)49-17-13-18-50(41-49)51-34-33-44-15-7-8-16-48(44)42-51/h1-43H. The number of anilines is 3. The molecule has 2 nitrogen and oxygen atoms in total. The molecule has 0 bridgehead atoms. The SMILES string of the molecule is c1ccc(C2(c3ccccc3)c3ccccc3-c3c(N(c4ccc(-c5ccc(-c6cccc(-c7ccc8ccccc8c7)c6)cc5)cc4)c4ccc5oc6ccccc6c5c4)cccc32)cc1. The minimum Gasteiger partial charge on any atom is -0.456 e. The van der Waals surface area contributed by atoms with Gasteiger partial charge in [-0.15, -0.1) is 0 Å². The molecule has 1 heterocycles. The summed E-state index contributed by atoms with van der Waals surface area (Å²) in [5.41, 5.74) is 19.2. The molecule has 0 atom stereocenters. The van der Waals surface area contributed by atoms with Gasteiger partial charge in [-0.05, 0) is 127 Å². The molecule has 0 saturated carbocycles. The normalized spacial score (nSPS) is 12.6. The van der Waals surface area contributed by atoms with Crippen molar-refractivity contribution in [3.8, 4) is 44.5 Å². The van der Waals surface area contributed by atoms with Gasteiger partial charge in [0, 0.05) is 27.7 Å². The van der Waals surface area contributed by atoms with E-state index < -0.39 is 5.41 Å². The third-order valence-corrected chi connectivity index (χ3v) is 13.9. The van der Waals surface area contributed by atoms with Gasteiger partial charge in [-0.2, -0.15) is 0 Å². The van der Waals surface area contributed by atoms with E-state index in [-0.39, 0.29) is 0 Å². The molecule has 314 valence electrons. The van der Waals surface area contributed by atoms with Crippen LogP contribution in [0.3, 0.4) is 0 Å². The van der Waals surface area contributed by atoms with Crippen molar-refractivity contribution in [2.24, 2.45) is 0 Å². The van der Waals surface area contributed by atoms with Crippen LogP contribution in [0.1, 0.15) is 22.3 Å². The smallest absolute Gasteiger partial charge is 0.135 e. The fourth-order valence-corrected chi connectivity index (χ4v) is 10.8. The topological polar surface area (TPSA) is 16.4 Å². The van der Waals surface area contributed by atoms with Crippen LogP contribution in [0.25, 0.3) is 77.2 Å². The van der Waals surface area contributed by atoms with Crippen molar-refractivity contribution in [3.63, 3.8) is 0 Å². The molecule has 0 spiro atoms. The molecule has 0 unspecified atom stereocenters. The molecule has 1 aliphatic rings. The molecule has 0 saturated heterocycles. The Kier molecular flexibility index (Phi) is 9.11. The molecule has 67 heavy (non-hydrogen) atoms. The molecule has 11 aromatic carbocycles. The third kappa shape index (κ3) is 6.33. The van der Waals surface area contributed by atoms with Crippen LogP contribution in [0.2, 0.25) is 0 Å². The maximum absolute atomic E-state index is 6.37. The Hall–Kier alpha value is -8.72. The van der Waals surface area contributed by atoms with Gasteiger partial charge in [0.25, 0.3) is 0 Å². The largest absolute Gasteiger partial charge is 0.456 e. The maximum atomic E-state index is 6.37. The monoisotopic (exact) mass is 853 g/mol. The van der Waals surface area contributed by atoms with Crippen LogP contribution in [0.4, 0.5) is 17.1 Å². The second kappa shape index (κ2) is 15.8. The summed E-state index contributed by atoms with van der Waals surface area (Å²) in [5, 5.41) is 4.71. The summed E-state index contributed by atoms with van der Waals surface area (Å²) in [7, 11) is 0. The van der Waals surface area contributed by atoms with E-state index in [1.165, 1.54) is 72.0 Å². The third-order valence-electron chi connectivity index (χ3n) is 13.9. The first-order chi connectivity index (χ1) is 33.2. The second-order valence-corrected chi connectivity index (χ2v) is 17.6. The number of furan rings is 1. The lowest BCUT2D eigenvalue weighted by Crippen LogP contribution is -2.28. The van der Waals surface area contributed by atoms with E-state index in [1.807, 2.05) is 6.07 Å². The van der Waals surface area contributed by atoms with Gasteiger partial charge in [0.05, 0.1) is 11.1 Å². The van der Waals surface area contributed by atoms with E-state index in [1.54, 1.807) is 0 Å². The van der Waals surface area contributed by atoms with E-state index in [4.69, 9.17) is 4.42 Å². The van der Waals surface area contributed by atoms with Gasteiger partial charge in [-0.25, -0.2) is 0 Å². The lowest BCUT2D eigenvalue weighted by Gasteiger charge is -2.34. The van der Waals surface area contributed by atoms with Crippen molar-refractivity contribution in [2.75, 3.05) is 4.90 Å². The number of hydrogen-bond acceptors (Lipinski definition) is 2. The lowest BCUT2D eigenvalue weighted by atomic mass is 9.68. The Morgan fingerprint density at radius 3 is 1.61 bits per heavy atom. The van der Waals surface area contributed by atoms with Crippen LogP contribution < -0.4 is 4.90 Å². The van der Waals surface area contributed by atoms with Gasteiger partial charge in [-0.1, -0.05) is 206 Å². The van der Waals surface area contributed by atoms with E-state index >= 15 is 0 Å². The van der Waals surface area contributed by atoms with Gasteiger partial charge >= 0.3 is 0 Å². The molecule has 2 heteroatoms. The highest BCUT2D eigenvalue weighted by Gasteiger charge is 2.47. The summed E-state index contributed by atoms with van der Waals surface area (Å²) in [6, 6.07) is 95.1. The molecule has 1 aromatic heterocycles. The van der Waals surface area contributed by atoms with Gasteiger partial charge in [0.1, 0.15) is 11.2 Å². The summed E-state index contributed by atoms with van der Waals surface area (Å²) in [6.07, 6.45) is 0. The Morgan fingerprint density at radius 1 is 0.313 bits per heavy atom. The van der Waals surface area contributed by atoms with Crippen LogP contribution in [-0.2, 0) is 5.41 Å². The van der Waals surface area contributed by atoms with Crippen LogP contribution in [0.15, 0.2) is 265 Å². The number of hydrogen-bond donors (Lipinski definition) is 0. The summed E-state index contributed by atoms with van der Waals surface area (Å²) in [4.78, 5) is 2.44. The Morgan fingerprint density at radius 2 is 0.851 bits per heavy atom. The van der Waals surface area contributed by atoms with E-state index in [2.05, 4.69) is 260 Å². The van der Waals surface area contributed by atoms with Crippen molar-refractivity contribution in [1.29, 1.82) is 0 Å². The van der Waals surface area contributed by atoms with E-state index in [0.29, 0.717) is 0 Å². The molecule has 12 aromatic rings. The lowest BCUT2D eigenvalue weighted by molar-refractivity contribution is 0.669. The molecule has 0 radical (unpaired) electrons. The summed E-state index contributed by atoms with van der Waals surface area (Å²) in [6.45, 7) is 0. The van der Waals surface area contributed by atoms with Crippen LogP contribution in [0.5, 0.6) is 0 Å². The number of para-hydroxylation sites is 1. The highest BCUT2D eigenvalue weighted by molar-refractivity contribution is 6.07.